The van der Waals surface area contributed by atoms with Crippen molar-refractivity contribution in [1.29, 1.82) is 0 Å². The zero-order valence-electron chi connectivity index (χ0n) is 13.5. The Morgan fingerprint density at radius 1 is 1.17 bits per heavy atom. The Bertz CT molecular complexity index is 629. The van der Waals surface area contributed by atoms with E-state index in [1.165, 1.54) is 0 Å². The predicted octanol–water partition coefficient (Wildman–Crippen LogP) is 3.20. The van der Waals surface area contributed by atoms with Gasteiger partial charge in [0, 0.05) is 30.1 Å². The summed E-state index contributed by atoms with van der Waals surface area (Å²) in [4.78, 5) is 16.1. The molecule has 0 aliphatic heterocycles. The SMILES string of the molecule is CCCNC(=O)c1ccc(OCc2cccnc2)c(OCC)c1. The van der Waals surface area contributed by atoms with Gasteiger partial charge in [0.25, 0.3) is 5.91 Å². The highest BCUT2D eigenvalue weighted by molar-refractivity contribution is 5.94. The van der Waals surface area contributed by atoms with Crippen molar-refractivity contribution < 1.29 is 14.3 Å². The van der Waals surface area contributed by atoms with Crippen LogP contribution in [0.5, 0.6) is 11.5 Å². The second-order valence-corrected chi connectivity index (χ2v) is 5.00. The number of pyridine rings is 1. The fourth-order valence-electron chi connectivity index (χ4n) is 2.02. The lowest BCUT2D eigenvalue weighted by molar-refractivity contribution is 0.0953. The third-order valence-corrected chi connectivity index (χ3v) is 3.16. The van der Waals surface area contributed by atoms with Crippen LogP contribution in [0.4, 0.5) is 0 Å². The summed E-state index contributed by atoms with van der Waals surface area (Å²) < 4.78 is 11.4. The lowest BCUT2D eigenvalue weighted by Gasteiger charge is -2.13. The van der Waals surface area contributed by atoms with Crippen LogP contribution in [0.2, 0.25) is 0 Å². The van der Waals surface area contributed by atoms with Crippen molar-refractivity contribution in [2.75, 3.05) is 13.2 Å². The third-order valence-electron chi connectivity index (χ3n) is 3.16. The molecule has 2 rings (SSSR count). The van der Waals surface area contributed by atoms with E-state index in [9.17, 15) is 4.79 Å². The van der Waals surface area contributed by atoms with Gasteiger partial charge < -0.3 is 14.8 Å². The van der Waals surface area contributed by atoms with Gasteiger partial charge in [0.05, 0.1) is 6.61 Å². The van der Waals surface area contributed by atoms with Crippen LogP contribution in [-0.4, -0.2) is 24.0 Å². The van der Waals surface area contributed by atoms with E-state index >= 15 is 0 Å². The molecule has 1 N–H and O–H groups in total. The number of aromatic nitrogens is 1. The van der Waals surface area contributed by atoms with Gasteiger partial charge in [-0.05, 0) is 37.6 Å². The van der Waals surface area contributed by atoms with E-state index in [0.29, 0.717) is 36.8 Å². The number of hydrogen-bond acceptors (Lipinski definition) is 4. The number of carbonyl (C=O) groups is 1. The van der Waals surface area contributed by atoms with Crippen LogP contribution in [0.15, 0.2) is 42.7 Å². The van der Waals surface area contributed by atoms with Crippen LogP contribution < -0.4 is 14.8 Å². The molecule has 5 nitrogen and oxygen atoms in total. The molecule has 0 saturated carbocycles. The van der Waals surface area contributed by atoms with Crippen LogP contribution in [0, 0.1) is 0 Å². The lowest BCUT2D eigenvalue weighted by atomic mass is 10.2. The molecule has 0 spiro atoms. The summed E-state index contributed by atoms with van der Waals surface area (Å²) in [5.74, 6) is 1.08. The topological polar surface area (TPSA) is 60.5 Å². The maximum absolute atomic E-state index is 12.0. The van der Waals surface area contributed by atoms with Crippen molar-refractivity contribution >= 4 is 5.91 Å². The molecule has 1 aromatic carbocycles. The standard InChI is InChI=1S/C18H22N2O3/c1-3-9-20-18(21)15-7-8-16(17(11-15)22-4-2)23-13-14-6-5-10-19-12-14/h5-8,10-12H,3-4,9,13H2,1-2H3,(H,20,21). The Labute approximate surface area is 136 Å². The molecule has 0 saturated heterocycles. The first-order chi connectivity index (χ1) is 11.2. The zero-order chi connectivity index (χ0) is 16.5. The van der Waals surface area contributed by atoms with Gasteiger partial charge in [-0.15, -0.1) is 0 Å². The van der Waals surface area contributed by atoms with Gasteiger partial charge in [-0.2, -0.15) is 0 Å². The van der Waals surface area contributed by atoms with E-state index in [1.54, 1.807) is 30.6 Å². The molecule has 1 heterocycles. The van der Waals surface area contributed by atoms with Crippen molar-refractivity contribution in [1.82, 2.24) is 10.3 Å². The van der Waals surface area contributed by atoms with Crippen LogP contribution in [0.25, 0.3) is 0 Å². The summed E-state index contributed by atoms with van der Waals surface area (Å²) >= 11 is 0. The molecular formula is C18H22N2O3. The fraction of sp³-hybridized carbons (Fsp3) is 0.333. The number of hydrogen-bond donors (Lipinski definition) is 1. The van der Waals surface area contributed by atoms with E-state index < -0.39 is 0 Å². The van der Waals surface area contributed by atoms with Crippen LogP contribution >= 0.6 is 0 Å². The Hall–Kier alpha value is -2.56. The normalized spacial score (nSPS) is 10.2. The highest BCUT2D eigenvalue weighted by Crippen LogP contribution is 2.29. The number of nitrogens with zero attached hydrogens (tertiary/aromatic N) is 1. The molecule has 0 bridgehead atoms. The van der Waals surface area contributed by atoms with Gasteiger partial charge in [0.15, 0.2) is 11.5 Å². The van der Waals surface area contributed by atoms with Gasteiger partial charge in [0.2, 0.25) is 0 Å². The largest absolute Gasteiger partial charge is 0.490 e. The minimum Gasteiger partial charge on any atom is -0.490 e. The molecule has 0 unspecified atom stereocenters. The summed E-state index contributed by atoms with van der Waals surface area (Å²) in [6, 6.07) is 9.03. The number of nitrogens with one attached hydrogen (secondary N) is 1. The molecule has 1 aromatic heterocycles. The quantitative estimate of drug-likeness (QED) is 0.813. The predicted molar refractivity (Wildman–Crippen MR) is 88.8 cm³/mol. The van der Waals surface area contributed by atoms with Gasteiger partial charge in [-0.25, -0.2) is 0 Å². The first kappa shape index (κ1) is 16.8. The maximum atomic E-state index is 12.0. The number of rotatable bonds is 8. The second kappa shape index (κ2) is 8.78. The molecule has 5 heteroatoms. The number of carbonyl (C=O) groups excluding carboxylic acids is 1. The summed E-state index contributed by atoms with van der Waals surface area (Å²) in [5, 5.41) is 2.85. The van der Waals surface area contributed by atoms with E-state index in [2.05, 4.69) is 10.3 Å². The highest BCUT2D eigenvalue weighted by Gasteiger charge is 2.11. The molecular weight excluding hydrogens is 292 g/mol. The molecule has 0 fully saturated rings. The average molecular weight is 314 g/mol. The van der Waals surface area contributed by atoms with E-state index in [4.69, 9.17) is 9.47 Å². The Kier molecular flexibility index (Phi) is 6.41. The molecule has 0 aliphatic carbocycles. The Morgan fingerprint density at radius 2 is 2.04 bits per heavy atom. The minimum atomic E-state index is -0.105. The molecule has 0 aliphatic rings. The first-order valence-electron chi connectivity index (χ1n) is 7.81. The molecule has 2 aromatic rings. The van der Waals surface area contributed by atoms with Gasteiger partial charge in [-0.3, -0.25) is 9.78 Å². The van der Waals surface area contributed by atoms with Gasteiger partial charge in [0.1, 0.15) is 6.61 Å². The zero-order valence-corrected chi connectivity index (χ0v) is 13.5. The summed E-state index contributed by atoms with van der Waals surface area (Å²) in [5.41, 5.74) is 1.54. The van der Waals surface area contributed by atoms with Crippen LogP contribution in [-0.2, 0) is 6.61 Å². The monoisotopic (exact) mass is 314 g/mol. The molecule has 122 valence electrons. The van der Waals surface area contributed by atoms with Crippen molar-refractivity contribution in [3.05, 3.63) is 53.9 Å². The third kappa shape index (κ3) is 4.98. The van der Waals surface area contributed by atoms with Crippen LogP contribution in [0.3, 0.4) is 0 Å². The molecule has 0 radical (unpaired) electrons. The lowest BCUT2D eigenvalue weighted by Crippen LogP contribution is -2.23. The average Bonchev–Trinajstić information content (AvgIpc) is 2.59. The molecule has 1 amide bonds. The van der Waals surface area contributed by atoms with Crippen molar-refractivity contribution in [3.8, 4) is 11.5 Å². The maximum Gasteiger partial charge on any atom is 0.251 e. The Balaban J connectivity index is 2.11. The van der Waals surface area contributed by atoms with Gasteiger partial charge >= 0.3 is 0 Å². The van der Waals surface area contributed by atoms with Crippen molar-refractivity contribution in [2.24, 2.45) is 0 Å². The summed E-state index contributed by atoms with van der Waals surface area (Å²) in [6.07, 6.45) is 4.38. The number of benzene rings is 1. The molecule has 0 atom stereocenters. The van der Waals surface area contributed by atoms with E-state index in [1.807, 2.05) is 26.0 Å². The fourth-order valence-corrected chi connectivity index (χ4v) is 2.02. The number of amides is 1. The molecule has 23 heavy (non-hydrogen) atoms. The highest BCUT2D eigenvalue weighted by atomic mass is 16.5. The van der Waals surface area contributed by atoms with E-state index in [-0.39, 0.29) is 5.91 Å². The van der Waals surface area contributed by atoms with Crippen LogP contribution in [0.1, 0.15) is 36.2 Å². The van der Waals surface area contributed by atoms with E-state index in [0.717, 1.165) is 12.0 Å². The minimum absolute atomic E-state index is 0.105. The summed E-state index contributed by atoms with van der Waals surface area (Å²) in [6.45, 7) is 5.47. The smallest absolute Gasteiger partial charge is 0.251 e. The van der Waals surface area contributed by atoms with Gasteiger partial charge in [-0.1, -0.05) is 13.0 Å². The number of ether oxygens (including phenoxy) is 2. The summed E-state index contributed by atoms with van der Waals surface area (Å²) in [7, 11) is 0. The second-order valence-electron chi connectivity index (χ2n) is 5.00. The first-order valence-corrected chi connectivity index (χ1v) is 7.81. The Morgan fingerprint density at radius 3 is 2.74 bits per heavy atom. The van der Waals surface area contributed by atoms with Crippen molar-refractivity contribution in [2.45, 2.75) is 26.9 Å². The van der Waals surface area contributed by atoms with Crippen molar-refractivity contribution in [3.63, 3.8) is 0 Å².